The first-order chi connectivity index (χ1) is 13.8. The first-order valence-corrected chi connectivity index (χ1v) is 9.13. The summed E-state index contributed by atoms with van der Waals surface area (Å²) in [5.74, 6) is -3.71. The number of amides is 1. The molecule has 0 radical (unpaired) electrons. The number of cyclic esters (lactones) is 1. The molecule has 0 fully saturated rings. The Morgan fingerprint density at radius 1 is 1.28 bits per heavy atom. The lowest BCUT2D eigenvalue weighted by Gasteiger charge is -2.25. The minimum atomic E-state index is -1.26. The summed E-state index contributed by atoms with van der Waals surface area (Å²) in [4.78, 5) is 36.4. The molecule has 0 bridgehead atoms. The molecule has 1 amide bonds. The third-order valence-electron chi connectivity index (χ3n) is 4.60. The maximum atomic E-state index is 12.7. The summed E-state index contributed by atoms with van der Waals surface area (Å²) < 4.78 is 5.00. The Morgan fingerprint density at radius 3 is 2.59 bits per heavy atom. The number of nitrogens with one attached hydrogen (secondary N) is 1. The maximum absolute atomic E-state index is 12.7. The van der Waals surface area contributed by atoms with Crippen LogP contribution in [0, 0.1) is 0 Å². The van der Waals surface area contributed by atoms with Crippen LogP contribution in [0.3, 0.4) is 0 Å². The number of halogens is 1. The molecule has 0 aliphatic carbocycles. The van der Waals surface area contributed by atoms with Crippen molar-refractivity contribution < 1.29 is 34.4 Å². The summed E-state index contributed by atoms with van der Waals surface area (Å²) in [5, 5.41) is 31.5. The fourth-order valence-corrected chi connectivity index (χ4v) is 3.42. The van der Waals surface area contributed by atoms with Gasteiger partial charge in [-0.15, -0.1) is 0 Å². The number of aromatic hydroxyl groups is 1. The molecule has 4 N–H and O–H groups in total. The summed E-state index contributed by atoms with van der Waals surface area (Å²) in [6.07, 6.45) is -0.687. The lowest BCUT2D eigenvalue weighted by Crippen LogP contribution is -2.42. The van der Waals surface area contributed by atoms with Crippen LogP contribution in [0.1, 0.15) is 31.8 Å². The van der Waals surface area contributed by atoms with E-state index in [1.807, 2.05) is 0 Å². The summed E-state index contributed by atoms with van der Waals surface area (Å²) >= 11 is 6.18. The number of carbonyl (C=O) groups excluding carboxylic acids is 2. The summed E-state index contributed by atoms with van der Waals surface area (Å²) in [6.45, 7) is -0.412. The molecule has 2 aromatic carbocycles. The molecule has 1 aliphatic rings. The number of rotatable bonds is 6. The average Bonchev–Trinajstić information content (AvgIpc) is 2.70. The van der Waals surface area contributed by atoms with Crippen molar-refractivity contribution in [2.24, 2.45) is 0 Å². The molecule has 8 nitrogen and oxygen atoms in total. The maximum Gasteiger partial charge on any atom is 0.342 e. The van der Waals surface area contributed by atoms with Crippen LogP contribution in [-0.4, -0.2) is 51.9 Å². The molecule has 0 aromatic heterocycles. The molecular weight excluding hydrogens is 402 g/mol. The minimum Gasteiger partial charge on any atom is -0.506 e. The average molecular weight is 420 g/mol. The van der Waals surface area contributed by atoms with Gasteiger partial charge in [0.15, 0.2) is 0 Å². The number of benzene rings is 2. The van der Waals surface area contributed by atoms with Crippen LogP contribution in [0.2, 0.25) is 5.02 Å². The van der Waals surface area contributed by atoms with Gasteiger partial charge in [0, 0.05) is 17.9 Å². The van der Waals surface area contributed by atoms with Crippen LogP contribution in [0.4, 0.5) is 0 Å². The highest BCUT2D eigenvalue weighted by molar-refractivity contribution is 6.32. The summed E-state index contributed by atoms with van der Waals surface area (Å²) in [7, 11) is 0. The number of aliphatic hydroxyl groups excluding tert-OH is 1. The quantitative estimate of drug-likeness (QED) is 0.522. The molecule has 29 heavy (non-hydrogen) atoms. The predicted molar refractivity (Wildman–Crippen MR) is 102 cm³/mol. The number of carboxylic acid groups (broad SMARTS) is 1. The smallest absolute Gasteiger partial charge is 0.342 e. The Labute approximate surface area is 170 Å². The van der Waals surface area contributed by atoms with E-state index in [0.29, 0.717) is 5.56 Å². The number of carbonyl (C=O) groups is 3. The van der Waals surface area contributed by atoms with Crippen LogP contribution in [0.25, 0.3) is 0 Å². The Morgan fingerprint density at radius 2 is 1.97 bits per heavy atom. The second kappa shape index (κ2) is 8.50. The van der Waals surface area contributed by atoms with Gasteiger partial charge in [-0.3, -0.25) is 4.79 Å². The van der Waals surface area contributed by atoms with Gasteiger partial charge in [0.1, 0.15) is 23.5 Å². The molecule has 2 aromatic rings. The molecule has 0 spiro atoms. The fourth-order valence-electron chi connectivity index (χ4n) is 3.14. The molecule has 1 heterocycles. The van der Waals surface area contributed by atoms with Gasteiger partial charge in [-0.25, -0.2) is 9.59 Å². The van der Waals surface area contributed by atoms with Gasteiger partial charge in [-0.05, 0) is 17.2 Å². The second-order valence-electron chi connectivity index (χ2n) is 6.58. The second-order valence-corrected chi connectivity index (χ2v) is 6.98. The Balaban J connectivity index is 1.89. The molecule has 2 atom stereocenters. The number of hydrogen-bond donors (Lipinski definition) is 4. The van der Waals surface area contributed by atoms with Gasteiger partial charge in [-0.1, -0.05) is 41.9 Å². The molecule has 0 saturated carbocycles. The summed E-state index contributed by atoms with van der Waals surface area (Å²) in [5.41, 5.74) is 0.358. The van der Waals surface area contributed by atoms with Gasteiger partial charge < -0.3 is 25.4 Å². The van der Waals surface area contributed by atoms with E-state index in [1.165, 1.54) is 6.07 Å². The van der Waals surface area contributed by atoms with Crippen molar-refractivity contribution in [2.75, 3.05) is 6.61 Å². The molecule has 3 rings (SSSR count). The van der Waals surface area contributed by atoms with E-state index < -0.39 is 42.3 Å². The van der Waals surface area contributed by atoms with E-state index in [9.17, 15) is 29.7 Å². The standard InChI is InChI=1S/C20H18ClNO7/c21-14-8-13(17(24)16-12(14)7-11(9-23)29-20(16)28)18(25)22-15(19(26)27)6-10-4-2-1-3-5-10/h1-5,8,11,15,23-24H,6-7,9H2,(H,22,25)(H,26,27)/t11-,15?/m0/s1. The number of phenols is 1. The zero-order chi connectivity index (χ0) is 21.1. The van der Waals surface area contributed by atoms with E-state index in [2.05, 4.69) is 5.32 Å². The highest BCUT2D eigenvalue weighted by Gasteiger charge is 2.34. The number of ether oxygens (including phenoxy) is 1. The lowest BCUT2D eigenvalue weighted by molar-refractivity contribution is -0.139. The third-order valence-corrected chi connectivity index (χ3v) is 4.93. The van der Waals surface area contributed by atoms with Crippen LogP contribution in [0.15, 0.2) is 36.4 Å². The van der Waals surface area contributed by atoms with Gasteiger partial charge in [-0.2, -0.15) is 0 Å². The van der Waals surface area contributed by atoms with Crippen LogP contribution < -0.4 is 5.32 Å². The number of phenolic OH excluding ortho intramolecular Hbond substituents is 1. The van der Waals surface area contributed by atoms with E-state index in [1.54, 1.807) is 30.3 Å². The summed E-state index contributed by atoms with van der Waals surface area (Å²) in [6, 6.07) is 8.63. The largest absolute Gasteiger partial charge is 0.506 e. The SMILES string of the molecule is O=C(NC(Cc1ccccc1)C(=O)O)c1cc(Cl)c2c(c1O)C(=O)O[C@H](CO)C2. The van der Waals surface area contributed by atoms with E-state index in [0.717, 1.165) is 0 Å². The van der Waals surface area contributed by atoms with Crippen LogP contribution in [-0.2, 0) is 22.4 Å². The zero-order valence-corrected chi connectivity index (χ0v) is 15.8. The zero-order valence-electron chi connectivity index (χ0n) is 15.1. The van der Waals surface area contributed by atoms with Gasteiger partial charge in [0.2, 0.25) is 0 Å². The molecule has 9 heteroatoms. The number of fused-ring (bicyclic) bond motifs is 1. The van der Waals surface area contributed by atoms with Crippen molar-refractivity contribution in [1.82, 2.24) is 5.32 Å². The van der Waals surface area contributed by atoms with Crippen molar-refractivity contribution in [2.45, 2.75) is 25.0 Å². The monoisotopic (exact) mass is 419 g/mol. The molecule has 1 unspecified atom stereocenters. The predicted octanol–water partition coefficient (Wildman–Crippen LogP) is 1.55. The molecule has 0 saturated heterocycles. The van der Waals surface area contributed by atoms with Gasteiger partial charge in [0.25, 0.3) is 5.91 Å². The lowest BCUT2D eigenvalue weighted by atomic mass is 9.94. The van der Waals surface area contributed by atoms with Gasteiger partial charge >= 0.3 is 11.9 Å². The van der Waals surface area contributed by atoms with Crippen molar-refractivity contribution in [3.63, 3.8) is 0 Å². The number of hydrogen-bond acceptors (Lipinski definition) is 6. The number of esters is 1. The Hall–Kier alpha value is -3.10. The van der Waals surface area contributed by atoms with E-state index in [4.69, 9.17) is 16.3 Å². The normalized spacial score (nSPS) is 16.5. The van der Waals surface area contributed by atoms with Crippen molar-refractivity contribution in [3.8, 4) is 5.75 Å². The minimum absolute atomic E-state index is 0.0293. The Kier molecular flexibility index (Phi) is 6.05. The first kappa shape index (κ1) is 20.6. The Bertz CT molecular complexity index is 961. The number of aliphatic carboxylic acids is 1. The number of carboxylic acids is 1. The van der Waals surface area contributed by atoms with Crippen molar-refractivity contribution in [1.29, 1.82) is 0 Å². The van der Waals surface area contributed by atoms with E-state index >= 15 is 0 Å². The highest BCUT2D eigenvalue weighted by atomic mass is 35.5. The van der Waals surface area contributed by atoms with Crippen molar-refractivity contribution >= 4 is 29.4 Å². The molecule has 152 valence electrons. The van der Waals surface area contributed by atoms with E-state index in [-0.39, 0.29) is 34.6 Å². The molecule has 1 aliphatic heterocycles. The third kappa shape index (κ3) is 4.33. The first-order valence-electron chi connectivity index (χ1n) is 8.75. The van der Waals surface area contributed by atoms with Crippen LogP contribution >= 0.6 is 11.6 Å². The van der Waals surface area contributed by atoms with Crippen LogP contribution in [0.5, 0.6) is 5.75 Å². The highest BCUT2D eigenvalue weighted by Crippen LogP contribution is 2.36. The topological polar surface area (TPSA) is 133 Å². The van der Waals surface area contributed by atoms with Gasteiger partial charge in [0.05, 0.1) is 12.2 Å². The van der Waals surface area contributed by atoms with Crippen molar-refractivity contribution in [3.05, 3.63) is 63.7 Å². The molecular formula is C20H18ClNO7. The fraction of sp³-hybridized carbons (Fsp3) is 0.250. The number of aliphatic hydroxyl groups is 1.